The lowest BCUT2D eigenvalue weighted by molar-refractivity contribution is -0.384. The normalized spacial score (nSPS) is 11.9. The van der Waals surface area contributed by atoms with Gasteiger partial charge in [0.2, 0.25) is 0 Å². The Morgan fingerprint density at radius 2 is 2.05 bits per heavy atom. The molecule has 0 saturated carbocycles. The van der Waals surface area contributed by atoms with Crippen LogP contribution in [0.5, 0.6) is 0 Å². The van der Waals surface area contributed by atoms with Crippen molar-refractivity contribution in [1.82, 2.24) is 0 Å². The Hall–Kier alpha value is -1.91. The molecule has 0 spiro atoms. The molecule has 0 saturated heterocycles. The molecule has 0 amide bonds. The van der Waals surface area contributed by atoms with Crippen molar-refractivity contribution >= 4 is 17.7 Å². The van der Waals surface area contributed by atoms with Gasteiger partial charge in [-0.25, -0.2) is 0 Å². The van der Waals surface area contributed by atoms with E-state index in [2.05, 4.69) is 19.2 Å². The molecule has 0 aliphatic rings. The lowest BCUT2D eigenvalue weighted by Crippen LogP contribution is -2.20. The van der Waals surface area contributed by atoms with E-state index in [-0.39, 0.29) is 11.7 Å². The Labute approximate surface area is 119 Å². The van der Waals surface area contributed by atoms with Gasteiger partial charge in [-0.05, 0) is 25.0 Å². The molecule has 0 aromatic heterocycles. The van der Waals surface area contributed by atoms with E-state index < -0.39 is 4.92 Å². The third kappa shape index (κ3) is 4.64. The van der Waals surface area contributed by atoms with Crippen LogP contribution in [-0.2, 0) is 0 Å². The van der Waals surface area contributed by atoms with Gasteiger partial charge in [0.05, 0.1) is 4.92 Å². The molecular formula is C15H22N2O3. The number of nitrogens with zero attached hydrogens (tertiary/aromatic N) is 1. The molecule has 0 radical (unpaired) electrons. The van der Waals surface area contributed by atoms with Gasteiger partial charge in [-0.3, -0.25) is 14.9 Å². The first kappa shape index (κ1) is 16.1. The van der Waals surface area contributed by atoms with Gasteiger partial charge in [0.25, 0.3) is 5.69 Å². The van der Waals surface area contributed by atoms with Crippen LogP contribution < -0.4 is 5.32 Å². The van der Waals surface area contributed by atoms with Crippen molar-refractivity contribution in [3.05, 3.63) is 33.9 Å². The first-order chi connectivity index (χ1) is 9.62. The molecule has 0 fully saturated rings. The molecule has 5 nitrogen and oxygen atoms in total. The Kier molecular flexibility index (Phi) is 6.70. The fraction of sp³-hybridized carbons (Fsp3) is 0.533. The Morgan fingerprint density at radius 1 is 1.30 bits per heavy atom. The number of aldehydes is 1. The fourth-order valence-corrected chi connectivity index (χ4v) is 2.20. The minimum atomic E-state index is -0.446. The molecule has 1 aromatic carbocycles. The quantitative estimate of drug-likeness (QED) is 0.418. The average molecular weight is 278 g/mol. The number of benzene rings is 1. The highest BCUT2D eigenvalue weighted by Gasteiger charge is 2.17. The second kappa shape index (κ2) is 8.30. The molecule has 1 unspecified atom stereocenters. The number of hydrogen-bond donors (Lipinski definition) is 1. The van der Waals surface area contributed by atoms with E-state index in [1.54, 1.807) is 12.1 Å². The number of unbranched alkanes of at least 4 members (excludes halogenated alkanes) is 1. The molecule has 0 bridgehead atoms. The highest BCUT2D eigenvalue weighted by Crippen LogP contribution is 2.27. The predicted octanol–water partition coefficient (Wildman–Crippen LogP) is 4.18. The lowest BCUT2D eigenvalue weighted by atomic mass is 10.0. The Bertz CT molecular complexity index is 460. The highest BCUT2D eigenvalue weighted by molar-refractivity contribution is 5.79. The summed E-state index contributed by atoms with van der Waals surface area (Å²) in [5, 5.41) is 14.4. The van der Waals surface area contributed by atoms with Crippen LogP contribution in [0.1, 0.15) is 56.3 Å². The molecule has 20 heavy (non-hydrogen) atoms. The van der Waals surface area contributed by atoms with Crippen molar-refractivity contribution < 1.29 is 9.72 Å². The number of nitrogens with one attached hydrogen (secondary N) is 1. The van der Waals surface area contributed by atoms with E-state index in [0.717, 1.165) is 32.1 Å². The summed E-state index contributed by atoms with van der Waals surface area (Å²) < 4.78 is 0. The van der Waals surface area contributed by atoms with Crippen molar-refractivity contribution in [3.63, 3.8) is 0 Å². The number of nitro groups is 1. The summed E-state index contributed by atoms with van der Waals surface area (Å²) in [6.07, 6.45) is 5.83. The molecule has 0 aliphatic carbocycles. The summed E-state index contributed by atoms with van der Waals surface area (Å²) in [7, 11) is 0. The molecule has 1 rings (SSSR count). The summed E-state index contributed by atoms with van der Waals surface area (Å²) in [6, 6.07) is 4.78. The van der Waals surface area contributed by atoms with Crippen LogP contribution in [0.25, 0.3) is 0 Å². The van der Waals surface area contributed by atoms with Gasteiger partial charge in [0, 0.05) is 17.7 Å². The molecule has 1 aromatic rings. The molecule has 110 valence electrons. The van der Waals surface area contributed by atoms with Gasteiger partial charge in [0.15, 0.2) is 0 Å². The minimum Gasteiger partial charge on any atom is -0.377 e. The van der Waals surface area contributed by atoms with Crippen LogP contribution in [0.3, 0.4) is 0 Å². The summed E-state index contributed by atoms with van der Waals surface area (Å²) in [5.41, 5.74) is 0.783. The molecule has 0 heterocycles. The van der Waals surface area contributed by atoms with Crippen molar-refractivity contribution in [2.45, 2.75) is 52.0 Å². The summed E-state index contributed by atoms with van der Waals surface area (Å²) in [4.78, 5) is 21.4. The van der Waals surface area contributed by atoms with E-state index in [1.807, 2.05) is 0 Å². The van der Waals surface area contributed by atoms with E-state index in [1.165, 1.54) is 6.07 Å². The van der Waals surface area contributed by atoms with Crippen LogP contribution in [-0.4, -0.2) is 17.3 Å². The summed E-state index contributed by atoms with van der Waals surface area (Å²) >= 11 is 0. The van der Waals surface area contributed by atoms with Gasteiger partial charge in [-0.1, -0.05) is 33.1 Å². The number of nitro benzene ring substituents is 1. The predicted molar refractivity (Wildman–Crippen MR) is 80.3 cm³/mol. The first-order valence-corrected chi connectivity index (χ1v) is 7.12. The SMILES string of the molecule is CCCCC(CCC)Nc1ccc(C=O)cc1[N+](=O)[O-]. The number of carbonyl (C=O) groups is 1. The van der Waals surface area contributed by atoms with Crippen LogP contribution >= 0.6 is 0 Å². The summed E-state index contributed by atoms with van der Waals surface area (Å²) in [5.74, 6) is 0. The van der Waals surface area contributed by atoms with Gasteiger partial charge < -0.3 is 5.32 Å². The standard InChI is InChI=1S/C15H22N2O3/c1-3-5-7-13(6-4-2)16-14-9-8-12(11-18)10-15(14)17(19)20/h8-11,13,16H,3-7H2,1-2H3. The van der Waals surface area contributed by atoms with Crippen LogP contribution in [0.15, 0.2) is 18.2 Å². The maximum atomic E-state index is 11.1. The molecule has 5 heteroatoms. The molecular weight excluding hydrogens is 256 g/mol. The van der Waals surface area contributed by atoms with Crippen LogP contribution in [0.2, 0.25) is 0 Å². The smallest absolute Gasteiger partial charge is 0.293 e. The van der Waals surface area contributed by atoms with Crippen molar-refractivity contribution in [3.8, 4) is 0 Å². The number of hydrogen-bond acceptors (Lipinski definition) is 4. The zero-order valence-electron chi connectivity index (χ0n) is 12.1. The zero-order valence-corrected chi connectivity index (χ0v) is 12.1. The number of anilines is 1. The zero-order chi connectivity index (χ0) is 15.0. The van der Waals surface area contributed by atoms with Gasteiger partial charge in [0.1, 0.15) is 12.0 Å². The van der Waals surface area contributed by atoms with E-state index in [0.29, 0.717) is 17.5 Å². The summed E-state index contributed by atoms with van der Waals surface area (Å²) in [6.45, 7) is 4.23. The van der Waals surface area contributed by atoms with Crippen molar-refractivity contribution in [1.29, 1.82) is 0 Å². The van der Waals surface area contributed by atoms with Gasteiger partial charge in [-0.15, -0.1) is 0 Å². The lowest BCUT2D eigenvalue weighted by Gasteiger charge is -2.19. The number of carbonyl (C=O) groups excluding carboxylic acids is 1. The minimum absolute atomic E-state index is 0.0350. The van der Waals surface area contributed by atoms with Crippen LogP contribution in [0, 0.1) is 10.1 Å². The van der Waals surface area contributed by atoms with Crippen LogP contribution in [0.4, 0.5) is 11.4 Å². The molecule has 0 aliphatic heterocycles. The third-order valence-electron chi connectivity index (χ3n) is 3.26. The van der Waals surface area contributed by atoms with Gasteiger partial charge >= 0.3 is 0 Å². The second-order valence-electron chi connectivity index (χ2n) is 4.92. The third-order valence-corrected chi connectivity index (χ3v) is 3.26. The molecule has 1 atom stereocenters. The first-order valence-electron chi connectivity index (χ1n) is 7.12. The van der Waals surface area contributed by atoms with E-state index in [4.69, 9.17) is 0 Å². The second-order valence-corrected chi connectivity index (χ2v) is 4.92. The Balaban J connectivity index is 2.92. The molecule has 1 N–H and O–H groups in total. The maximum absolute atomic E-state index is 11.1. The van der Waals surface area contributed by atoms with Gasteiger partial charge in [-0.2, -0.15) is 0 Å². The van der Waals surface area contributed by atoms with E-state index >= 15 is 0 Å². The monoisotopic (exact) mass is 278 g/mol. The van der Waals surface area contributed by atoms with Crippen molar-refractivity contribution in [2.75, 3.05) is 5.32 Å². The maximum Gasteiger partial charge on any atom is 0.293 e. The van der Waals surface area contributed by atoms with E-state index in [9.17, 15) is 14.9 Å². The highest BCUT2D eigenvalue weighted by atomic mass is 16.6. The largest absolute Gasteiger partial charge is 0.377 e. The number of rotatable bonds is 9. The Morgan fingerprint density at radius 3 is 2.60 bits per heavy atom. The topological polar surface area (TPSA) is 72.2 Å². The average Bonchev–Trinajstić information content (AvgIpc) is 2.45. The van der Waals surface area contributed by atoms with Crippen molar-refractivity contribution in [2.24, 2.45) is 0 Å². The fourth-order valence-electron chi connectivity index (χ4n) is 2.20.